The van der Waals surface area contributed by atoms with E-state index >= 15 is 0 Å². The van der Waals surface area contributed by atoms with Crippen molar-refractivity contribution < 1.29 is 0 Å². The van der Waals surface area contributed by atoms with Crippen LogP contribution in [0.5, 0.6) is 0 Å². The van der Waals surface area contributed by atoms with Gasteiger partial charge in [0.1, 0.15) is 5.82 Å². The zero-order valence-electron chi connectivity index (χ0n) is 10.9. The van der Waals surface area contributed by atoms with E-state index in [0.29, 0.717) is 0 Å². The van der Waals surface area contributed by atoms with Crippen LogP contribution in [0.15, 0.2) is 42.7 Å². The lowest BCUT2D eigenvalue weighted by Gasteiger charge is -2.19. The summed E-state index contributed by atoms with van der Waals surface area (Å²) in [5.41, 5.74) is 2.51. The minimum Gasteiger partial charge on any atom is -0.304 e. The first-order chi connectivity index (χ1) is 8.83. The number of hydrogen-bond acceptors (Lipinski definition) is 3. The fraction of sp³-hybridized carbons (Fsp3) is 0.333. The van der Waals surface area contributed by atoms with E-state index in [1.54, 1.807) is 12.4 Å². The topological polar surface area (TPSA) is 37.8 Å². The van der Waals surface area contributed by atoms with E-state index in [1.807, 2.05) is 6.07 Å². The van der Waals surface area contributed by atoms with E-state index in [-0.39, 0.29) is 6.04 Å². The van der Waals surface area contributed by atoms with Gasteiger partial charge in [-0.1, -0.05) is 31.2 Å². The fourth-order valence-corrected chi connectivity index (χ4v) is 2.00. The molecule has 0 saturated carbocycles. The summed E-state index contributed by atoms with van der Waals surface area (Å²) in [5.74, 6) is 0.834. The molecule has 1 atom stereocenters. The van der Waals surface area contributed by atoms with Gasteiger partial charge in [-0.15, -0.1) is 0 Å². The average molecular weight is 241 g/mol. The smallest absolute Gasteiger partial charge is 0.149 e. The van der Waals surface area contributed by atoms with Gasteiger partial charge in [0, 0.05) is 12.4 Å². The Balaban J connectivity index is 2.34. The lowest BCUT2D eigenvalue weighted by molar-refractivity contribution is 0.569. The Hall–Kier alpha value is -1.74. The minimum absolute atomic E-state index is 0.0762. The van der Waals surface area contributed by atoms with Crippen molar-refractivity contribution in [3.63, 3.8) is 0 Å². The predicted molar refractivity (Wildman–Crippen MR) is 73.3 cm³/mol. The van der Waals surface area contributed by atoms with Gasteiger partial charge in [-0.05, 0) is 37.1 Å². The van der Waals surface area contributed by atoms with Gasteiger partial charge in [0.25, 0.3) is 0 Å². The third-order valence-corrected chi connectivity index (χ3v) is 2.94. The van der Waals surface area contributed by atoms with Gasteiger partial charge in [0.2, 0.25) is 0 Å². The molecule has 0 saturated heterocycles. The Labute approximate surface area is 108 Å². The van der Waals surface area contributed by atoms with Gasteiger partial charge in [-0.25, -0.2) is 9.97 Å². The Bertz CT molecular complexity index is 482. The number of hydrogen-bond donors (Lipinski definition) is 1. The summed E-state index contributed by atoms with van der Waals surface area (Å²) in [6.07, 6.45) is 4.68. The van der Waals surface area contributed by atoms with Crippen molar-refractivity contribution in [3.8, 4) is 0 Å². The molecule has 0 bridgehead atoms. The lowest BCUT2D eigenvalue weighted by atomic mass is 10.0. The highest BCUT2D eigenvalue weighted by Gasteiger charge is 2.17. The molecule has 1 heterocycles. The summed E-state index contributed by atoms with van der Waals surface area (Å²) in [5, 5.41) is 3.52. The molecule has 2 aromatic rings. The zero-order chi connectivity index (χ0) is 12.8. The van der Waals surface area contributed by atoms with Gasteiger partial charge in [0.15, 0.2) is 0 Å². The standard InChI is InChI=1S/C15H19N3/c1-3-9-16-14(15-17-10-6-11-18-15)13-8-5-4-7-12(13)2/h4-8,10-11,14,16H,3,9H2,1-2H3. The molecule has 0 amide bonds. The van der Waals surface area contributed by atoms with Crippen LogP contribution in [0.3, 0.4) is 0 Å². The summed E-state index contributed by atoms with van der Waals surface area (Å²) in [6.45, 7) is 5.24. The molecule has 94 valence electrons. The molecule has 1 N–H and O–H groups in total. The largest absolute Gasteiger partial charge is 0.304 e. The second kappa shape index (κ2) is 6.26. The van der Waals surface area contributed by atoms with Gasteiger partial charge < -0.3 is 5.32 Å². The molecule has 18 heavy (non-hydrogen) atoms. The van der Waals surface area contributed by atoms with Gasteiger partial charge in [-0.2, -0.15) is 0 Å². The molecule has 3 nitrogen and oxygen atoms in total. The molecule has 0 spiro atoms. The molecule has 1 unspecified atom stereocenters. The normalized spacial score (nSPS) is 12.3. The molecule has 0 radical (unpaired) electrons. The number of aryl methyl sites for hydroxylation is 1. The van der Waals surface area contributed by atoms with Gasteiger partial charge >= 0.3 is 0 Å². The summed E-state index contributed by atoms with van der Waals surface area (Å²) in [4.78, 5) is 8.75. The number of nitrogens with zero attached hydrogens (tertiary/aromatic N) is 2. The van der Waals surface area contributed by atoms with E-state index in [1.165, 1.54) is 11.1 Å². The van der Waals surface area contributed by atoms with Crippen molar-refractivity contribution in [2.24, 2.45) is 0 Å². The average Bonchev–Trinajstić information content (AvgIpc) is 2.42. The maximum Gasteiger partial charge on any atom is 0.149 e. The van der Waals surface area contributed by atoms with Crippen LogP contribution in [0.1, 0.15) is 36.3 Å². The zero-order valence-corrected chi connectivity index (χ0v) is 10.9. The van der Waals surface area contributed by atoms with Crippen LogP contribution in [0.25, 0.3) is 0 Å². The Morgan fingerprint density at radius 2 is 1.83 bits per heavy atom. The number of rotatable bonds is 5. The molecular formula is C15H19N3. The maximum absolute atomic E-state index is 4.38. The van der Waals surface area contributed by atoms with Crippen molar-refractivity contribution in [1.29, 1.82) is 0 Å². The van der Waals surface area contributed by atoms with Crippen molar-refractivity contribution >= 4 is 0 Å². The monoisotopic (exact) mass is 241 g/mol. The molecule has 0 fully saturated rings. The van der Waals surface area contributed by atoms with Gasteiger partial charge in [0.05, 0.1) is 6.04 Å². The first-order valence-electron chi connectivity index (χ1n) is 6.38. The molecule has 0 aliphatic rings. The van der Waals surface area contributed by atoms with E-state index in [0.717, 1.165) is 18.8 Å². The maximum atomic E-state index is 4.38. The first kappa shape index (κ1) is 12.7. The highest BCUT2D eigenvalue weighted by molar-refractivity contribution is 5.32. The first-order valence-corrected chi connectivity index (χ1v) is 6.38. The minimum atomic E-state index is 0.0762. The highest BCUT2D eigenvalue weighted by Crippen LogP contribution is 2.21. The molecular weight excluding hydrogens is 222 g/mol. The van der Waals surface area contributed by atoms with Crippen LogP contribution >= 0.6 is 0 Å². The van der Waals surface area contributed by atoms with E-state index in [9.17, 15) is 0 Å². The molecule has 3 heteroatoms. The second-order valence-electron chi connectivity index (χ2n) is 4.35. The fourth-order valence-electron chi connectivity index (χ4n) is 2.00. The van der Waals surface area contributed by atoms with Crippen molar-refractivity contribution in [1.82, 2.24) is 15.3 Å². The lowest BCUT2D eigenvalue weighted by Crippen LogP contribution is -2.25. The third-order valence-electron chi connectivity index (χ3n) is 2.94. The summed E-state index contributed by atoms with van der Waals surface area (Å²) in [7, 11) is 0. The van der Waals surface area contributed by atoms with Crippen LogP contribution in [-0.4, -0.2) is 16.5 Å². The van der Waals surface area contributed by atoms with Crippen LogP contribution in [-0.2, 0) is 0 Å². The van der Waals surface area contributed by atoms with E-state index in [2.05, 4.69) is 53.4 Å². The van der Waals surface area contributed by atoms with Crippen molar-refractivity contribution in [3.05, 3.63) is 59.7 Å². The molecule has 0 aliphatic carbocycles. The Morgan fingerprint density at radius 3 is 2.50 bits per heavy atom. The van der Waals surface area contributed by atoms with E-state index < -0.39 is 0 Å². The second-order valence-corrected chi connectivity index (χ2v) is 4.35. The molecule has 1 aromatic carbocycles. The Morgan fingerprint density at radius 1 is 1.11 bits per heavy atom. The number of nitrogens with one attached hydrogen (secondary N) is 1. The summed E-state index contributed by atoms with van der Waals surface area (Å²) < 4.78 is 0. The van der Waals surface area contributed by atoms with Crippen LogP contribution in [0, 0.1) is 6.92 Å². The quantitative estimate of drug-likeness (QED) is 0.874. The summed E-state index contributed by atoms with van der Waals surface area (Å²) in [6, 6.07) is 10.3. The summed E-state index contributed by atoms with van der Waals surface area (Å²) >= 11 is 0. The van der Waals surface area contributed by atoms with Crippen LogP contribution < -0.4 is 5.32 Å². The molecule has 1 aromatic heterocycles. The third kappa shape index (κ3) is 2.93. The number of benzene rings is 1. The Kier molecular flexibility index (Phi) is 4.42. The van der Waals surface area contributed by atoms with E-state index in [4.69, 9.17) is 0 Å². The molecule has 2 rings (SSSR count). The van der Waals surface area contributed by atoms with Crippen molar-refractivity contribution in [2.75, 3.05) is 6.54 Å². The highest BCUT2D eigenvalue weighted by atomic mass is 15.0. The van der Waals surface area contributed by atoms with Crippen molar-refractivity contribution in [2.45, 2.75) is 26.3 Å². The number of aromatic nitrogens is 2. The van der Waals surface area contributed by atoms with Crippen LogP contribution in [0.2, 0.25) is 0 Å². The van der Waals surface area contributed by atoms with Crippen LogP contribution in [0.4, 0.5) is 0 Å². The predicted octanol–water partition coefficient (Wildman–Crippen LogP) is 2.87. The molecule has 0 aliphatic heterocycles. The van der Waals surface area contributed by atoms with Gasteiger partial charge in [-0.3, -0.25) is 0 Å². The SMILES string of the molecule is CCCNC(c1ncccn1)c1ccccc1C.